The molecule has 0 saturated carbocycles. The van der Waals surface area contributed by atoms with Crippen molar-refractivity contribution < 1.29 is 0 Å². The molecule has 0 aliphatic rings. The fourth-order valence-electron chi connectivity index (χ4n) is 2.84. The molecule has 2 rings (SSSR count). The molecule has 0 bridgehead atoms. The Morgan fingerprint density at radius 3 is 2.60 bits per heavy atom. The molecule has 1 heterocycles. The number of aromatic nitrogens is 2. The normalized spacial score (nSPS) is 10.8. The van der Waals surface area contributed by atoms with Crippen LogP contribution in [0.5, 0.6) is 0 Å². The van der Waals surface area contributed by atoms with Gasteiger partial charge in [0, 0.05) is 12.1 Å². The van der Waals surface area contributed by atoms with E-state index in [-0.39, 0.29) is 11.1 Å². The molecule has 5 nitrogen and oxygen atoms in total. The zero-order valence-corrected chi connectivity index (χ0v) is 15.8. The molecule has 0 spiro atoms. The number of hydrogen-bond acceptors (Lipinski definition) is 5. The van der Waals surface area contributed by atoms with Crippen LogP contribution in [0.2, 0.25) is 0 Å². The van der Waals surface area contributed by atoms with E-state index in [2.05, 4.69) is 34.8 Å². The molecule has 1 aromatic carbocycles. The Kier molecular flexibility index (Phi) is 7.23. The van der Waals surface area contributed by atoms with Crippen molar-refractivity contribution in [1.82, 2.24) is 14.9 Å². The van der Waals surface area contributed by atoms with Crippen LogP contribution in [0.3, 0.4) is 0 Å². The van der Waals surface area contributed by atoms with Crippen molar-refractivity contribution in [3.8, 4) is 17.3 Å². The molecular formula is C19H24N4OS. The lowest BCUT2D eigenvalue weighted by molar-refractivity contribution is 0.266. The lowest BCUT2D eigenvalue weighted by Gasteiger charge is -2.21. The van der Waals surface area contributed by atoms with Crippen LogP contribution in [-0.4, -0.2) is 34.2 Å². The lowest BCUT2D eigenvalue weighted by atomic mass is 10.0. The van der Waals surface area contributed by atoms with E-state index in [4.69, 9.17) is 0 Å². The predicted octanol–water partition coefficient (Wildman–Crippen LogP) is 3.65. The summed E-state index contributed by atoms with van der Waals surface area (Å²) in [6.45, 7) is 7.34. The van der Waals surface area contributed by atoms with Crippen molar-refractivity contribution in [3.63, 3.8) is 0 Å². The van der Waals surface area contributed by atoms with Gasteiger partial charge in [-0.15, -0.1) is 0 Å². The summed E-state index contributed by atoms with van der Waals surface area (Å²) in [6.07, 6.45) is 4.08. The van der Waals surface area contributed by atoms with E-state index in [1.165, 1.54) is 11.8 Å². The first-order valence-corrected chi connectivity index (χ1v) is 9.75. The van der Waals surface area contributed by atoms with Crippen LogP contribution in [0.25, 0.3) is 11.3 Å². The maximum absolute atomic E-state index is 12.1. The number of hydrogen-bond donors (Lipinski definition) is 1. The minimum absolute atomic E-state index is 0.0638. The molecule has 6 heteroatoms. The summed E-state index contributed by atoms with van der Waals surface area (Å²) in [5, 5.41) is 9.87. The molecule has 0 saturated heterocycles. The average Bonchev–Trinajstić information content (AvgIpc) is 2.61. The second-order valence-electron chi connectivity index (χ2n) is 5.89. The average molecular weight is 356 g/mol. The fraction of sp³-hybridized carbons (Fsp3) is 0.421. The quantitative estimate of drug-likeness (QED) is 0.577. The van der Waals surface area contributed by atoms with Crippen LogP contribution in [-0.2, 0) is 6.54 Å². The SMILES string of the molecule is CCCN(CCC)Cc1cccc(-c2nc(SC)[nH]c(=O)c2C#N)c1. The molecular weight excluding hydrogens is 332 g/mol. The van der Waals surface area contributed by atoms with Crippen molar-refractivity contribution in [2.75, 3.05) is 19.3 Å². The standard InChI is InChI=1S/C19H24N4OS/c1-4-9-23(10-5-2)13-14-7-6-8-15(11-14)17-16(12-20)18(24)22-19(21-17)25-3/h6-8,11H,4-5,9-10,13H2,1-3H3,(H,21,22,24). The Morgan fingerprint density at radius 2 is 2.00 bits per heavy atom. The Labute approximate surface area is 153 Å². The topological polar surface area (TPSA) is 72.8 Å². The molecule has 0 amide bonds. The van der Waals surface area contributed by atoms with Gasteiger partial charge in [-0.2, -0.15) is 5.26 Å². The van der Waals surface area contributed by atoms with E-state index in [0.29, 0.717) is 10.9 Å². The molecule has 0 aliphatic heterocycles. The van der Waals surface area contributed by atoms with Gasteiger partial charge in [-0.25, -0.2) is 4.98 Å². The van der Waals surface area contributed by atoms with Crippen LogP contribution in [0, 0.1) is 11.3 Å². The second-order valence-corrected chi connectivity index (χ2v) is 6.68. The third-order valence-electron chi connectivity index (χ3n) is 3.89. The summed E-state index contributed by atoms with van der Waals surface area (Å²) in [5.74, 6) is 0. The molecule has 132 valence electrons. The molecule has 0 unspecified atom stereocenters. The highest BCUT2D eigenvalue weighted by atomic mass is 32.2. The van der Waals surface area contributed by atoms with Gasteiger partial charge in [0.2, 0.25) is 0 Å². The van der Waals surface area contributed by atoms with Crippen molar-refractivity contribution in [1.29, 1.82) is 5.26 Å². The minimum atomic E-state index is -0.388. The Bertz CT molecular complexity index is 804. The molecule has 1 N–H and O–H groups in total. The third kappa shape index (κ3) is 4.94. The van der Waals surface area contributed by atoms with E-state index < -0.39 is 0 Å². The fourth-order valence-corrected chi connectivity index (χ4v) is 3.22. The number of benzene rings is 1. The molecule has 0 fully saturated rings. The number of thioether (sulfide) groups is 1. The Morgan fingerprint density at radius 1 is 1.28 bits per heavy atom. The largest absolute Gasteiger partial charge is 0.300 e. The molecule has 2 aromatic rings. The van der Waals surface area contributed by atoms with Crippen LogP contribution < -0.4 is 5.56 Å². The predicted molar refractivity (Wildman–Crippen MR) is 103 cm³/mol. The zero-order valence-electron chi connectivity index (χ0n) is 15.0. The maximum Gasteiger partial charge on any atom is 0.270 e. The number of H-pyrrole nitrogens is 1. The summed E-state index contributed by atoms with van der Waals surface area (Å²) < 4.78 is 0. The maximum atomic E-state index is 12.1. The third-order valence-corrected chi connectivity index (χ3v) is 4.47. The van der Waals surface area contributed by atoms with Gasteiger partial charge in [-0.1, -0.05) is 43.8 Å². The van der Waals surface area contributed by atoms with Gasteiger partial charge < -0.3 is 4.98 Å². The van der Waals surface area contributed by atoms with Crippen LogP contribution in [0.1, 0.15) is 37.8 Å². The van der Waals surface area contributed by atoms with Crippen LogP contribution in [0.15, 0.2) is 34.2 Å². The van der Waals surface area contributed by atoms with Crippen molar-refractivity contribution >= 4 is 11.8 Å². The van der Waals surface area contributed by atoms with E-state index in [1.54, 1.807) is 0 Å². The highest BCUT2D eigenvalue weighted by Gasteiger charge is 2.14. The van der Waals surface area contributed by atoms with E-state index >= 15 is 0 Å². The van der Waals surface area contributed by atoms with E-state index in [0.717, 1.165) is 43.6 Å². The van der Waals surface area contributed by atoms with E-state index in [9.17, 15) is 10.1 Å². The molecule has 0 atom stereocenters. The van der Waals surface area contributed by atoms with Gasteiger partial charge in [0.15, 0.2) is 5.16 Å². The number of nitrogens with one attached hydrogen (secondary N) is 1. The van der Waals surface area contributed by atoms with Crippen molar-refractivity contribution in [2.24, 2.45) is 0 Å². The van der Waals surface area contributed by atoms with Gasteiger partial charge in [0.25, 0.3) is 5.56 Å². The monoisotopic (exact) mass is 356 g/mol. The summed E-state index contributed by atoms with van der Waals surface area (Å²) in [5.41, 5.74) is 2.10. The molecule has 0 radical (unpaired) electrons. The van der Waals surface area contributed by atoms with Gasteiger partial charge in [0.1, 0.15) is 11.6 Å². The highest BCUT2D eigenvalue weighted by molar-refractivity contribution is 7.98. The van der Waals surface area contributed by atoms with Crippen LogP contribution in [0.4, 0.5) is 0 Å². The Hall–Kier alpha value is -2.10. The Balaban J connectivity index is 2.40. The molecule has 1 aromatic heterocycles. The van der Waals surface area contributed by atoms with Gasteiger partial charge in [-0.05, 0) is 43.8 Å². The van der Waals surface area contributed by atoms with Crippen molar-refractivity contribution in [3.05, 3.63) is 45.7 Å². The summed E-state index contributed by atoms with van der Waals surface area (Å²) in [7, 11) is 0. The first-order chi connectivity index (χ1) is 12.1. The number of rotatable bonds is 8. The first-order valence-electron chi connectivity index (χ1n) is 8.53. The van der Waals surface area contributed by atoms with E-state index in [1.807, 2.05) is 30.5 Å². The summed E-state index contributed by atoms with van der Waals surface area (Å²) in [6, 6.07) is 9.97. The zero-order chi connectivity index (χ0) is 18.2. The lowest BCUT2D eigenvalue weighted by Crippen LogP contribution is -2.24. The van der Waals surface area contributed by atoms with Gasteiger partial charge in [-0.3, -0.25) is 9.69 Å². The summed E-state index contributed by atoms with van der Waals surface area (Å²) >= 11 is 1.35. The number of nitrogens with zero attached hydrogens (tertiary/aromatic N) is 3. The molecule has 0 aliphatic carbocycles. The number of nitriles is 1. The second kappa shape index (κ2) is 9.40. The number of aromatic amines is 1. The van der Waals surface area contributed by atoms with Gasteiger partial charge >= 0.3 is 0 Å². The minimum Gasteiger partial charge on any atom is -0.300 e. The van der Waals surface area contributed by atoms with Gasteiger partial charge in [0.05, 0.1) is 5.69 Å². The first kappa shape index (κ1) is 19.2. The molecule has 25 heavy (non-hydrogen) atoms. The van der Waals surface area contributed by atoms with Crippen LogP contribution >= 0.6 is 11.8 Å². The summed E-state index contributed by atoms with van der Waals surface area (Å²) in [4.78, 5) is 21.6. The highest BCUT2D eigenvalue weighted by Crippen LogP contribution is 2.23. The van der Waals surface area contributed by atoms with Crippen molar-refractivity contribution in [2.45, 2.75) is 38.4 Å². The smallest absolute Gasteiger partial charge is 0.270 e.